The highest BCUT2D eigenvalue weighted by molar-refractivity contribution is 6.72. The Balaban J connectivity index is 2.19. The number of fused-ring (bicyclic) bond motifs is 3. The lowest BCUT2D eigenvalue weighted by atomic mass is 9.85. The van der Waals surface area contributed by atoms with Gasteiger partial charge in [-0.2, -0.15) is 0 Å². The molecule has 2 aromatic rings. The molecule has 0 aromatic heterocycles. The van der Waals surface area contributed by atoms with Crippen molar-refractivity contribution in [3.05, 3.63) is 52.6 Å². The first-order valence-corrected chi connectivity index (χ1v) is 11.6. The molecule has 0 heterocycles. The molecule has 24 heavy (non-hydrogen) atoms. The van der Waals surface area contributed by atoms with Gasteiger partial charge >= 0.3 is 0 Å². The number of rotatable bonds is 1. The van der Waals surface area contributed by atoms with E-state index in [1.54, 1.807) is 16.3 Å². The van der Waals surface area contributed by atoms with Gasteiger partial charge < -0.3 is 0 Å². The van der Waals surface area contributed by atoms with E-state index in [0.717, 1.165) is 6.42 Å². The number of hydrogen-bond acceptors (Lipinski definition) is 0. The minimum atomic E-state index is -0.503. The van der Waals surface area contributed by atoms with Gasteiger partial charge in [-0.1, -0.05) is 90.2 Å². The van der Waals surface area contributed by atoms with Crippen LogP contribution in [-0.2, 0) is 17.3 Å². The molecule has 3 rings (SSSR count). The zero-order valence-corrected chi connectivity index (χ0v) is 17.6. The molecule has 1 aliphatic rings. The highest BCUT2D eigenvalue weighted by Crippen LogP contribution is 2.40. The van der Waals surface area contributed by atoms with Gasteiger partial charge in [0.1, 0.15) is 0 Å². The highest BCUT2D eigenvalue weighted by Gasteiger charge is 2.29. The number of benzene rings is 2. The van der Waals surface area contributed by atoms with Crippen LogP contribution >= 0.6 is 0 Å². The van der Waals surface area contributed by atoms with Gasteiger partial charge in [-0.15, -0.1) is 0 Å². The van der Waals surface area contributed by atoms with Gasteiger partial charge in [-0.3, -0.25) is 0 Å². The molecule has 0 saturated heterocycles. The summed E-state index contributed by atoms with van der Waals surface area (Å²) in [7, 11) is -0.503. The maximum absolute atomic E-state index is 2.45. The third-order valence-electron chi connectivity index (χ3n) is 5.25. The van der Waals surface area contributed by atoms with Crippen LogP contribution in [-0.4, -0.2) is 8.80 Å². The van der Waals surface area contributed by atoms with Crippen molar-refractivity contribution in [2.75, 3.05) is 0 Å². The van der Waals surface area contributed by atoms with Gasteiger partial charge in [0.15, 0.2) is 0 Å². The summed E-state index contributed by atoms with van der Waals surface area (Å²) in [5.74, 6) is 0. The van der Waals surface area contributed by atoms with E-state index in [1.165, 1.54) is 22.3 Å². The number of hydrogen-bond donors (Lipinski definition) is 0. The third-order valence-corrected chi connectivity index (χ3v) is 6.82. The summed E-state index contributed by atoms with van der Waals surface area (Å²) < 4.78 is 0. The Morgan fingerprint density at radius 3 is 1.96 bits per heavy atom. The first kappa shape index (κ1) is 17.5. The largest absolute Gasteiger partial charge is 0.0799 e. The molecule has 0 bridgehead atoms. The van der Waals surface area contributed by atoms with E-state index >= 15 is 0 Å². The van der Waals surface area contributed by atoms with Gasteiger partial charge in [0.25, 0.3) is 0 Å². The second-order valence-corrected chi connectivity index (χ2v) is 12.1. The monoisotopic (exact) mass is 335 g/mol. The van der Waals surface area contributed by atoms with Gasteiger partial charge in [0, 0.05) is 0 Å². The predicted molar refractivity (Wildman–Crippen MR) is 109 cm³/mol. The van der Waals surface area contributed by atoms with Crippen LogP contribution < -0.4 is 5.19 Å². The molecular weight excluding hydrogens is 304 g/mol. The Kier molecular flexibility index (Phi) is 4.07. The molecule has 0 nitrogen and oxygen atoms in total. The van der Waals surface area contributed by atoms with Crippen LogP contribution in [0.25, 0.3) is 11.1 Å². The van der Waals surface area contributed by atoms with E-state index in [-0.39, 0.29) is 10.8 Å². The third kappa shape index (κ3) is 2.88. The fraction of sp³-hybridized carbons (Fsp3) is 0.478. The fourth-order valence-corrected chi connectivity index (χ4v) is 5.76. The van der Waals surface area contributed by atoms with E-state index in [0.29, 0.717) is 0 Å². The Bertz CT molecular complexity index is 783. The summed E-state index contributed by atoms with van der Waals surface area (Å²) >= 11 is 0. The fourth-order valence-electron chi connectivity index (χ4n) is 3.94. The van der Waals surface area contributed by atoms with E-state index < -0.39 is 8.80 Å². The summed E-state index contributed by atoms with van der Waals surface area (Å²) in [6, 6.07) is 11.9. The molecule has 1 radical (unpaired) electrons. The minimum Gasteiger partial charge on any atom is -0.0671 e. The van der Waals surface area contributed by atoms with Crippen molar-refractivity contribution in [3.63, 3.8) is 0 Å². The molecular formula is C23H31Si. The van der Waals surface area contributed by atoms with Crippen LogP contribution in [0.15, 0.2) is 30.3 Å². The van der Waals surface area contributed by atoms with Gasteiger partial charge in [0.2, 0.25) is 0 Å². The average molecular weight is 336 g/mol. The smallest absolute Gasteiger partial charge is 0.0671 e. The Hall–Kier alpha value is -1.34. The van der Waals surface area contributed by atoms with Crippen molar-refractivity contribution in [1.82, 2.24) is 0 Å². The zero-order chi connectivity index (χ0) is 17.9. The molecule has 2 aromatic carbocycles. The summed E-state index contributed by atoms with van der Waals surface area (Å²) in [6.07, 6.45) is 1.11. The molecule has 0 saturated carbocycles. The minimum absolute atomic E-state index is 0.216. The van der Waals surface area contributed by atoms with Crippen LogP contribution in [0.1, 0.15) is 63.8 Å². The standard InChI is InChI=1S/C23H31Si/c1-22(2,3)16-9-10-17-15(13-16)14-19-18(17)11-12-20(23(4,5)6)21(19)24(7)8/h9-13H,14H2,1-8H3. The summed E-state index contributed by atoms with van der Waals surface area (Å²) in [5, 5.41) is 1.68. The SMILES string of the molecule is C[Si](C)c1c(C(C)(C)C)ccc2c1Cc1cc(C(C)(C)C)ccc1-2. The molecule has 0 N–H and O–H groups in total. The molecule has 0 aliphatic heterocycles. The normalized spacial score (nSPS) is 14.0. The topological polar surface area (TPSA) is 0 Å². The van der Waals surface area contributed by atoms with E-state index in [2.05, 4.69) is 85.0 Å². The van der Waals surface area contributed by atoms with Crippen molar-refractivity contribution in [2.45, 2.75) is 71.9 Å². The van der Waals surface area contributed by atoms with Crippen LogP contribution in [0.2, 0.25) is 13.1 Å². The van der Waals surface area contributed by atoms with Crippen molar-refractivity contribution < 1.29 is 0 Å². The molecule has 0 atom stereocenters. The molecule has 0 amide bonds. The summed E-state index contributed by atoms with van der Waals surface area (Å²) in [4.78, 5) is 0. The average Bonchev–Trinajstić information content (AvgIpc) is 2.81. The van der Waals surface area contributed by atoms with Crippen molar-refractivity contribution >= 4 is 14.0 Å². The maximum Gasteiger partial charge on any atom is 0.0799 e. The quantitative estimate of drug-likeness (QED) is 0.492. The van der Waals surface area contributed by atoms with Crippen LogP contribution in [0.4, 0.5) is 0 Å². The molecule has 1 heteroatoms. The van der Waals surface area contributed by atoms with Crippen LogP contribution in [0.5, 0.6) is 0 Å². The van der Waals surface area contributed by atoms with Gasteiger partial charge in [-0.25, -0.2) is 0 Å². The van der Waals surface area contributed by atoms with E-state index in [4.69, 9.17) is 0 Å². The highest BCUT2D eigenvalue weighted by atomic mass is 28.3. The Labute approximate surface area is 149 Å². The maximum atomic E-state index is 2.45. The lowest BCUT2D eigenvalue weighted by Gasteiger charge is -2.27. The Morgan fingerprint density at radius 2 is 1.42 bits per heavy atom. The molecule has 0 unspecified atom stereocenters. The van der Waals surface area contributed by atoms with Crippen LogP contribution in [0.3, 0.4) is 0 Å². The lowest BCUT2D eigenvalue weighted by Crippen LogP contribution is -2.35. The summed E-state index contributed by atoms with van der Waals surface area (Å²) in [6.45, 7) is 18.9. The van der Waals surface area contributed by atoms with Crippen LogP contribution in [0, 0.1) is 0 Å². The first-order valence-electron chi connectivity index (χ1n) is 9.11. The lowest BCUT2D eigenvalue weighted by molar-refractivity contribution is 0.590. The second kappa shape index (κ2) is 5.59. The zero-order valence-electron chi connectivity index (χ0n) is 16.6. The Morgan fingerprint density at radius 1 is 0.792 bits per heavy atom. The van der Waals surface area contributed by atoms with Gasteiger partial charge in [-0.05, 0) is 50.6 Å². The predicted octanol–water partition coefficient (Wildman–Crippen LogP) is 5.81. The van der Waals surface area contributed by atoms with E-state index in [1.807, 2.05) is 0 Å². The second-order valence-electron chi connectivity index (χ2n) is 9.56. The van der Waals surface area contributed by atoms with Crippen molar-refractivity contribution in [1.29, 1.82) is 0 Å². The molecule has 127 valence electrons. The van der Waals surface area contributed by atoms with E-state index in [9.17, 15) is 0 Å². The first-order chi connectivity index (χ1) is 11.0. The molecule has 0 spiro atoms. The summed E-state index contributed by atoms with van der Waals surface area (Å²) in [5.41, 5.74) is 9.53. The molecule has 1 aliphatic carbocycles. The molecule has 0 fully saturated rings. The van der Waals surface area contributed by atoms with Crippen molar-refractivity contribution in [3.8, 4) is 11.1 Å². The van der Waals surface area contributed by atoms with Crippen molar-refractivity contribution in [2.24, 2.45) is 0 Å². The van der Waals surface area contributed by atoms with Gasteiger partial charge in [0.05, 0.1) is 8.80 Å².